The van der Waals surface area contributed by atoms with E-state index in [4.69, 9.17) is 5.73 Å². The van der Waals surface area contributed by atoms with E-state index in [1.807, 2.05) is 0 Å². The molecule has 1 aromatic carbocycles. The largest absolute Gasteiger partial charge is 0.320 e. The molecule has 0 fully saturated rings. The van der Waals surface area contributed by atoms with Crippen LogP contribution in [0.25, 0.3) is 10.1 Å². The average Bonchev–Trinajstić information content (AvgIpc) is 2.95. The first-order valence-electron chi connectivity index (χ1n) is 5.22. The maximum absolute atomic E-state index is 6.35. The molecule has 1 unspecified atom stereocenters. The Bertz CT molecular complexity index is 656. The SMILES string of the molecule is NC(c1ccc(Br)s1)c1cccc2ccsc12. The first-order chi connectivity index (χ1) is 8.25. The molecule has 3 rings (SSSR count). The standard InChI is InChI=1S/C13H10BrNS2/c14-11-5-4-10(17-11)12(15)9-3-1-2-8-6-7-16-13(8)9/h1-7,12H,15H2. The predicted molar refractivity (Wildman–Crippen MR) is 79.9 cm³/mol. The average molecular weight is 324 g/mol. The lowest BCUT2D eigenvalue weighted by Crippen LogP contribution is -2.09. The Hall–Kier alpha value is -0.680. The summed E-state index contributed by atoms with van der Waals surface area (Å²) in [6, 6.07) is 12.6. The van der Waals surface area contributed by atoms with Gasteiger partial charge >= 0.3 is 0 Å². The molecular weight excluding hydrogens is 314 g/mol. The molecule has 0 radical (unpaired) electrons. The Morgan fingerprint density at radius 3 is 2.76 bits per heavy atom. The summed E-state index contributed by atoms with van der Waals surface area (Å²) in [5.74, 6) is 0. The number of thiophene rings is 2. The van der Waals surface area contributed by atoms with Gasteiger partial charge in [0.15, 0.2) is 0 Å². The van der Waals surface area contributed by atoms with Crippen LogP contribution >= 0.6 is 38.6 Å². The Labute approximate surface area is 116 Å². The summed E-state index contributed by atoms with van der Waals surface area (Å²) in [6.07, 6.45) is 0. The molecule has 0 bridgehead atoms. The highest BCUT2D eigenvalue weighted by Gasteiger charge is 2.14. The van der Waals surface area contributed by atoms with Crippen LogP contribution in [0.1, 0.15) is 16.5 Å². The summed E-state index contributed by atoms with van der Waals surface area (Å²) in [4.78, 5) is 1.19. The third kappa shape index (κ3) is 2.06. The molecule has 2 N–H and O–H groups in total. The first kappa shape index (κ1) is 11.4. The van der Waals surface area contributed by atoms with E-state index in [1.54, 1.807) is 22.7 Å². The Morgan fingerprint density at radius 1 is 1.12 bits per heavy atom. The fourth-order valence-electron chi connectivity index (χ4n) is 1.91. The minimum absolute atomic E-state index is 0.0337. The lowest BCUT2D eigenvalue weighted by atomic mass is 10.0. The molecule has 2 aromatic heterocycles. The highest BCUT2D eigenvalue weighted by molar-refractivity contribution is 9.11. The van der Waals surface area contributed by atoms with E-state index >= 15 is 0 Å². The maximum Gasteiger partial charge on any atom is 0.0702 e. The minimum Gasteiger partial charge on any atom is -0.320 e. The quantitative estimate of drug-likeness (QED) is 0.722. The zero-order chi connectivity index (χ0) is 11.8. The van der Waals surface area contributed by atoms with E-state index < -0.39 is 0 Å². The second-order valence-electron chi connectivity index (χ2n) is 3.81. The van der Waals surface area contributed by atoms with Crippen LogP contribution in [0.5, 0.6) is 0 Å². The molecule has 1 nitrogen and oxygen atoms in total. The van der Waals surface area contributed by atoms with Crippen LogP contribution < -0.4 is 5.73 Å². The van der Waals surface area contributed by atoms with Crippen molar-refractivity contribution in [3.05, 3.63) is 56.0 Å². The number of rotatable bonds is 2. The summed E-state index contributed by atoms with van der Waals surface area (Å²) in [5.41, 5.74) is 7.57. The van der Waals surface area contributed by atoms with E-state index in [0.29, 0.717) is 0 Å². The first-order valence-corrected chi connectivity index (χ1v) is 7.71. The molecule has 0 saturated heterocycles. The van der Waals surface area contributed by atoms with Gasteiger partial charge in [0.25, 0.3) is 0 Å². The molecule has 3 aromatic rings. The molecule has 4 heteroatoms. The number of benzene rings is 1. The van der Waals surface area contributed by atoms with Crippen molar-refractivity contribution in [1.82, 2.24) is 0 Å². The van der Waals surface area contributed by atoms with Gasteiger partial charge in [-0.3, -0.25) is 0 Å². The van der Waals surface area contributed by atoms with Crippen LogP contribution in [-0.2, 0) is 0 Å². The van der Waals surface area contributed by atoms with Crippen LogP contribution in [0, 0.1) is 0 Å². The van der Waals surface area contributed by atoms with Gasteiger partial charge in [-0.1, -0.05) is 18.2 Å². The van der Waals surface area contributed by atoms with Gasteiger partial charge < -0.3 is 5.73 Å². The van der Waals surface area contributed by atoms with Crippen molar-refractivity contribution in [3.8, 4) is 0 Å². The molecule has 0 saturated carbocycles. The summed E-state index contributed by atoms with van der Waals surface area (Å²) in [7, 11) is 0. The van der Waals surface area contributed by atoms with Gasteiger partial charge in [0.2, 0.25) is 0 Å². The third-order valence-corrected chi connectivity index (χ3v) is 5.43. The molecule has 0 amide bonds. The normalized spacial score (nSPS) is 13.1. The van der Waals surface area contributed by atoms with Crippen LogP contribution in [0.2, 0.25) is 0 Å². The van der Waals surface area contributed by atoms with Gasteiger partial charge in [0, 0.05) is 9.58 Å². The zero-order valence-electron chi connectivity index (χ0n) is 8.89. The van der Waals surface area contributed by atoms with Crippen molar-refractivity contribution >= 4 is 48.7 Å². The fraction of sp³-hybridized carbons (Fsp3) is 0.0769. The summed E-state index contributed by atoms with van der Waals surface area (Å²) >= 11 is 6.94. The minimum atomic E-state index is -0.0337. The fourth-order valence-corrected chi connectivity index (χ4v) is 4.31. The summed E-state index contributed by atoms with van der Waals surface area (Å²) in [6.45, 7) is 0. The van der Waals surface area contributed by atoms with Crippen molar-refractivity contribution in [2.45, 2.75) is 6.04 Å². The number of halogens is 1. The Balaban J connectivity index is 2.12. The van der Waals surface area contributed by atoms with Crippen LogP contribution in [-0.4, -0.2) is 0 Å². The van der Waals surface area contributed by atoms with Crippen LogP contribution in [0.4, 0.5) is 0 Å². The van der Waals surface area contributed by atoms with Gasteiger partial charge in [-0.2, -0.15) is 0 Å². The highest BCUT2D eigenvalue weighted by Crippen LogP contribution is 2.34. The van der Waals surface area contributed by atoms with Crippen molar-refractivity contribution in [2.75, 3.05) is 0 Å². The lowest BCUT2D eigenvalue weighted by Gasteiger charge is -2.11. The van der Waals surface area contributed by atoms with Gasteiger partial charge in [-0.25, -0.2) is 0 Å². The van der Waals surface area contributed by atoms with Gasteiger partial charge in [-0.05, 0) is 50.5 Å². The molecule has 2 heterocycles. The molecule has 0 aliphatic heterocycles. The van der Waals surface area contributed by atoms with E-state index in [9.17, 15) is 0 Å². The molecule has 0 aliphatic rings. The Morgan fingerprint density at radius 2 is 2.00 bits per heavy atom. The van der Waals surface area contributed by atoms with E-state index in [2.05, 4.69) is 57.7 Å². The van der Waals surface area contributed by atoms with Crippen molar-refractivity contribution < 1.29 is 0 Å². The molecule has 1 atom stereocenters. The van der Waals surface area contributed by atoms with Crippen molar-refractivity contribution in [3.63, 3.8) is 0 Å². The third-order valence-electron chi connectivity index (χ3n) is 2.75. The number of hydrogen-bond donors (Lipinski definition) is 1. The maximum atomic E-state index is 6.35. The van der Waals surface area contributed by atoms with Crippen LogP contribution in [0.3, 0.4) is 0 Å². The number of hydrogen-bond acceptors (Lipinski definition) is 3. The second kappa shape index (κ2) is 4.53. The molecule has 86 valence electrons. The van der Waals surface area contributed by atoms with Gasteiger partial charge in [0.1, 0.15) is 0 Å². The zero-order valence-corrected chi connectivity index (χ0v) is 12.1. The van der Waals surface area contributed by atoms with E-state index in [-0.39, 0.29) is 6.04 Å². The van der Waals surface area contributed by atoms with Crippen LogP contribution in [0.15, 0.2) is 45.6 Å². The summed E-state index contributed by atoms with van der Waals surface area (Å²) in [5, 5.41) is 3.39. The molecular formula is C13H10BrNS2. The molecule has 0 spiro atoms. The van der Waals surface area contributed by atoms with E-state index in [0.717, 1.165) is 3.79 Å². The summed E-state index contributed by atoms with van der Waals surface area (Å²) < 4.78 is 2.42. The van der Waals surface area contributed by atoms with E-state index in [1.165, 1.54) is 20.5 Å². The Kier molecular flexibility index (Phi) is 3.04. The topological polar surface area (TPSA) is 26.0 Å². The molecule has 17 heavy (non-hydrogen) atoms. The van der Waals surface area contributed by atoms with Gasteiger partial charge in [-0.15, -0.1) is 22.7 Å². The van der Waals surface area contributed by atoms with Gasteiger partial charge in [0.05, 0.1) is 9.83 Å². The monoisotopic (exact) mass is 323 g/mol. The smallest absolute Gasteiger partial charge is 0.0702 e. The number of fused-ring (bicyclic) bond motifs is 1. The van der Waals surface area contributed by atoms with Crippen molar-refractivity contribution in [2.24, 2.45) is 5.73 Å². The van der Waals surface area contributed by atoms with Crippen molar-refractivity contribution in [1.29, 1.82) is 0 Å². The highest BCUT2D eigenvalue weighted by atomic mass is 79.9. The molecule has 0 aliphatic carbocycles. The predicted octanol–water partition coefficient (Wildman–Crippen LogP) is 4.77. The lowest BCUT2D eigenvalue weighted by molar-refractivity contribution is 0.905. The second-order valence-corrected chi connectivity index (χ2v) is 7.22. The number of nitrogens with two attached hydrogens (primary N) is 1.